The number of nitrogens with one attached hydrogen (secondary N) is 1. The second kappa shape index (κ2) is 9.18. The summed E-state index contributed by atoms with van der Waals surface area (Å²) in [5, 5.41) is 11.4. The molecule has 144 valence electrons. The summed E-state index contributed by atoms with van der Waals surface area (Å²) in [6.07, 6.45) is 1.60. The molecular formula is C20H20N4O3S. The van der Waals surface area contributed by atoms with E-state index in [-0.39, 0.29) is 17.4 Å². The van der Waals surface area contributed by atoms with E-state index in [1.807, 2.05) is 36.4 Å². The van der Waals surface area contributed by atoms with E-state index in [4.69, 9.17) is 4.74 Å². The Balaban J connectivity index is 1.66. The second-order valence-electron chi connectivity index (χ2n) is 5.97. The van der Waals surface area contributed by atoms with Crippen LogP contribution in [0.1, 0.15) is 22.8 Å². The minimum Gasteiger partial charge on any atom is -0.495 e. The number of ether oxygens (including phenoxy) is 1. The number of Topliss-reactive ketones (excluding diaryl/α,β-unsaturated/α-hetero) is 1. The summed E-state index contributed by atoms with van der Waals surface area (Å²) in [7, 11) is 1.61. The normalized spacial score (nSPS) is 10.5. The SMILES string of the molecule is COc1ccccc1-n1cnnc1SCC(=O)c1ccc(CNC(C)=O)cc1. The van der Waals surface area contributed by atoms with Crippen LogP contribution in [-0.4, -0.2) is 39.3 Å². The van der Waals surface area contributed by atoms with Gasteiger partial charge < -0.3 is 10.1 Å². The number of aromatic nitrogens is 3. The van der Waals surface area contributed by atoms with Crippen molar-refractivity contribution in [1.29, 1.82) is 0 Å². The summed E-state index contributed by atoms with van der Waals surface area (Å²) in [4.78, 5) is 23.5. The summed E-state index contributed by atoms with van der Waals surface area (Å²) in [5.41, 5.74) is 2.37. The van der Waals surface area contributed by atoms with Crippen molar-refractivity contribution in [3.63, 3.8) is 0 Å². The zero-order valence-electron chi connectivity index (χ0n) is 15.6. The van der Waals surface area contributed by atoms with Gasteiger partial charge in [0.05, 0.1) is 18.6 Å². The topological polar surface area (TPSA) is 86.1 Å². The lowest BCUT2D eigenvalue weighted by atomic mass is 10.1. The highest BCUT2D eigenvalue weighted by atomic mass is 32.2. The predicted molar refractivity (Wildman–Crippen MR) is 107 cm³/mol. The molecule has 0 atom stereocenters. The highest BCUT2D eigenvalue weighted by Crippen LogP contribution is 2.26. The van der Waals surface area contributed by atoms with Crippen LogP contribution in [0.5, 0.6) is 5.75 Å². The average molecular weight is 396 g/mol. The van der Waals surface area contributed by atoms with E-state index >= 15 is 0 Å². The van der Waals surface area contributed by atoms with Crippen LogP contribution in [0.4, 0.5) is 0 Å². The number of carbonyl (C=O) groups excluding carboxylic acids is 2. The van der Waals surface area contributed by atoms with Crippen molar-refractivity contribution in [2.75, 3.05) is 12.9 Å². The molecule has 7 nitrogen and oxygen atoms in total. The molecule has 0 aliphatic carbocycles. The number of carbonyl (C=O) groups is 2. The van der Waals surface area contributed by atoms with Crippen molar-refractivity contribution in [2.45, 2.75) is 18.6 Å². The largest absolute Gasteiger partial charge is 0.495 e. The van der Waals surface area contributed by atoms with Gasteiger partial charge in [-0.2, -0.15) is 0 Å². The second-order valence-corrected chi connectivity index (χ2v) is 6.92. The van der Waals surface area contributed by atoms with Gasteiger partial charge in [-0.05, 0) is 17.7 Å². The Morgan fingerprint density at radius 3 is 2.61 bits per heavy atom. The Labute approximate surface area is 167 Å². The van der Waals surface area contributed by atoms with Crippen molar-refractivity contribution in [3.05, 3.63) is 66.0 Å². The molecule has 3 aromatic rings. The Kier molecular flexibility index (Phi) is 6.44. The number of benzene rings is 2. The molecule has 1 N–H and O–H groups in total. The van der Waals surface area contributed by atoms with Gasteiger partial charge in [-0.15, -0.1) is 10.2 Å². The maximum absolute atomic E-state index is 12.5. The Bertz CT molecular complexity index is 970. The molecule has 2 aromatic carbocycles. The van der Waals surface area contributed by atoms with Gasteiger partial charge in [0, 0.05) is 19.0 Å². The fourth-order valence-electron chi connectivity index (χ4n) is 2.57. The van der Waals surface area contributed by atoms with E-state index in [0.29, 0.717) is 23.0 Å². The van der Waals surface area contributed by atoms with Gasteiger partial charge in [0.15, 0.2) is 10.9 Å². The van der Waals surface area contributed by atoms with Crippen LogP contribution in [0.3, 0.4) is 0 Å². The number of ketones is 1. The molecule has 0 saturated carbocycles. The number of rotatable bonds is 8. The third kappa shape index (κ3) is 4.77. The van der Waals surface area contributed by atoms with Gasteiger partial charge in [0.2, 0.25) is 5.91 Å². The van der Waals surface area contributed by atoms with Crippen LogP contribution in [0.15, 0.2) is 60.0 Å². The molecule has 0 aliphatic heterocycles. The first-order valence-electron chi connectivity index (χ1n) is 8.61. The summed E-state index contributed by atoms with van der Waals surface area (Å²) in [6, 6.07) is 14.8. The number of thioether (sulfide) groups is 1. The summed E-state index contributed by atoms with van der Waals surface area (Å²) < 4.78 is 7.18. The standard InChI is InChI=1S/C20H20N4O3S/c1-14(25)21-11-15-7-9-16(10-8-15)18(26)12-28-20-23-22-13-24(20)17-5-3-4-6-19(17)27-2/h3-10,13H,11-12H2,1-2H3,(H,21,25). The average Bonchev–Trinajstić information content (AvgIpc) is 3.19. The highest BCUT2D eigenvalue weighted by Gasteiger charge is 2.14. The molecule has 0 aliphatic rings. The van der Waals surface area contributed by atoms with Crippen LogP contribution in [0, 0.1) is 0 Å². The number of hydrogen-bond acceptors (Lipinski definition) is 6. The lowest BCUT2D eigenvalue weighted by Crippen LogP contribution is -2.18. The van der Waals surface area contributed by atoms with Gasteiger partial charge in [-0.1, -0.05) is 48.2 Å². The third-order valence-corrected chi connectivity index (χ3v) is 4.95. The minimum absolute atomic E-state index is 0.00865. The van der Waals surface area contributed by atoms with Crippen molar-refractivity contribution in [2.24, 2.45) is 0 Å². The van der Waals surface area contributed by atoms with Crippen molar-refractivity contribution >= 4 is 23.5 Å². The van der Waals surface area contributed by atoms with Gasteiger partial charge in [-0.3, -0.25) is 14.2 Å². The number of amides is 1. The molecule has 1 aromatic heterocycles. The van der Waals surface area contributed by atoms with E-state index < -0.39 is 0 Å². The van der Waals surface area contributed by atoms with Gasteiger partial charge in [0.1, 0.15) is 12.1 Å². The molecular weight excluding hydrogens is 376 g/mol. The first kappa shape index (κ1) is 19.6. The molecule has 8 heteroatoms. The molecule has 3 rings (SSSR count). The number of nitrogens with zero attached hydrogens (tertiary/aromatic N) is 3. The van der Waals surface area contributed by atoms with Crippen LogP contribution in [0.2, 0.25) is 0 Å². The van der Waals surface area contributed by atoms with Gasteiger partial charge >= 0.3 is 0 Å². The molecule has 0 unspecified atom stereocenters. The number of methoxy groups -OCH3 is 1. The first-order chi connectivity index (χ1) is 13.6. The Morgan fingerprint density at radius 1 is 1.14 bits per heavy atom. The van der Waals surface area contributed by atoms with Crippen LogP contribution >= 0.6 is 11.8 Å². The van der Waals surface area contributed by atoms with Crippen LogP contribution in [0.25, 0.3) is 5.69 Å². The van der Waals surface area contributed by atoms with Gasteiger partial charge in [0.25, 0.3) is 0 Å². The molecule has 0 radical (unpaired) electrons. The maximum atomic E-state index is 12.5. The Morgan fingerprint density at radius 2 is 1.89 bits per heavy atom. The lowest BCUT2D eigenvalue weighted by Gasteiger charge is -2.10. The fraction of sp³-hybridized carbons (Fsp3) is 0.200. The molecule has 0 saturated heterocycles. The summed E-state index contributed by atoms with van der Waals surface area (Å²) in [6.45, 7) is 1.92. The quantitative estimate of drug-likeness (QED) is 0.465. The predicted octanol–water partition coefficient (Wildman–Crippen LogP) is 2.89. The number of para-hydroxylation sites is 2. The van der Waals surface area contributed by atoms with Crippen molar-refractivity contribution in [3.8, 4) is 11.4 Å². The summed E-state index contributed by atoms with van der Waals surface area (Å²) in [5.74, 6) is 0.838. The molecule has 28 heavy (non-hydrogen) atoms. The highest BCUT2D eigenvalue weighted by molar-refractivity contribution is 7.99. The zero-order valence-corrected chi connectivity index (χ0v) is 16.4. The first-order valence-corrected chi connectivity index (χ1v) is 9.60. The van der Waals surface area contributed by atoms with E-state index in [0.717, 1.165) is 11.3 Å². The monoisotopic (exact) mass is 396 g/mol. The minimum atomic E-state index is -0.0873. The lowest BCUT2D eigenvalue weighted by molar-refractivity contribution is -0.119. The summed E-state index contributed by atoms with van der Waals surface area (Å²) >= 11 is 1.32. The van der Waals surface area contributed by atoms with E-state index in [1.54, 1.807) is 30.1 Å². The zero-order chi connectivity index (χ0) is 19.9. The molecule has 0 spiro atoms. The smallest absolute Gasteiger partial charge is 0.217 e. The van der Waals surface area contributed by atoms with Crippen LogP contribution < -0.4 is 10.1 Å². The van der Waals surface area contributed by atoms with Crippen LogP contribution in [-0.2, 0) is 11.3 Å². The maximum Gasteiger partial charge on any atom is 0.217 e. The fourth-order valence-corrected chi connectivity index (χ4v) is 3.38. The van der Waals surface area contributed by atoms with E-state index in [1.165, 1.54) is 18.7 Å². The van der Waals surface area contributed by atoms with E-state index in [9.17, 15) is 9.59 Å². The van der Waals surface area contributed by atoms with Crippen molar-refractivity contribution in [1.82, 2.24) is 20.1 Å². The van der Waals surface area contributed by atoms with Crippen molar-refractivity contribution < 1.29 is 14.3 Å². The van der Waals surface area contributed by atoms with Gasteiger partial charge in [-0.25, -0.2) is 0 Å². The molecule has 0 fully saturated rings. The molecule has 1 amide bonds. The molecule has 1 heterocycles. The van der Waals surface area contributed by atoms with E-state index in [2.05, 4.69) is 15.5 Å². The Hall–Kier alpha value is -3.13. The molecule has 0 bridgehead atoms. The third-order valence-electron chi connectivity index (χ3n) is 4.01. The number of hydrogen-bond donors (Lipinski definition) is 1.